The van der Waals surface area contributed by atoms with Crippen LogP contribution in [0.25, 0.3) is 32.0 Å². The summed E-state index contributed by atoms with van der Waals surface area (Å²) < 4.78 is 16.4. The molecule has 0 amide bonds. The number of hydrogen-bond acceptors (Lipinski definition) is 6. The maximum Gasteiger partial charge on any atom is 0.140 e. The summed E-state index contributed by atoms with van der Waals surface area (Å²) in [7, 11) is 0.829. The first-order chi connectivity index (χ1) is 12.5. The second kappa shape index (κ2) is 6.61. The molecule has 134 valence electrons. The van der Waals surface area contributed by atoms with E-state index >= 15 is 0 Å². The van der Waals surface area contributed by atoms with E-state index in [1.165, 1.54) is 11.3 Å². The number of aromatic nitrogens is 3. The van der Waals surface area contributed by atoms with Gasteiger partial charge in [-0.15, -0.1) is 22.7 Å². The van der Waals surface area contributed by atoms with Gasteiger partial charge in [-0.1, -0.05) is 13.8 Å². The van der Waals surface area contributed by atoms with E-state index in [0.29, 0.717) is 5.69 Å². The van der Waals surface area contributed by atoms with E-state index in [1.807, 2.05) is 37.0 Å². The van der Waals surface area contributed by atoms with Gasteiger partial charge in [-0.05, 0) is 12.1 Å². The van der Waals surface area contributed by atoms with E-state index in [1.54, 1.807) is 23.7 Å². The molecule has 0 saturated heterocycles. The SMILES string of the molecule is CC(C)S(=O)c1sc2cc(-c3nccs3)cc(-c3nccn3C)c2c1N. The minimum Gasteiger partial charge on any atom is -0.397 e. The van der Waals surface area contributed by atoms with E-state index in [4.69, 9.17) is 5.73 Å². The lowest BCUT2D eigenvalue weighted by atomic mass is 10.0. The third-order valence-electron chi connectivity index (χ3n) is 4.15. The Kier molecular flexibility index (Phi) is 4.42. The van der Waals surface area contributed by atoms with Crippen LogP contribution in [-0.4, -0.2) is 24.0 Å². The molecular formula is C18H18N4OS3. The fourth-order valence-corrected chi connectivity index (χ4v) is 6.35. The number of hydrogen-bond donors (Lipinski definition) is 1. The van der Waals surface area contributed by atoms with Crippen molar-refractivity contribution in [1.29, 1.82) is 0 Å². The molecule has 0 radical (unpaired) electrons. The molecule has 4 rings (SSSR count). The highest BCUT2D eigenvalue weighted by molar-refractivity contribution is 7.88. The standard InChI is InChI=1S/C18H18N4OS3/c1-10(2)26(23)18-15(19)14-12(16-20-4-6-22(16)3)8-11(9-13(14)25-18)17-21-5-7-24-17/h4-10H,19H2,1-3H3. The van der Waals surface area contributed by atoms with Crippen LogP contribution >= 0.6 is 22.7 Å². The summed E-state index contributed by atoms with van der Waals surface area (Å²) in [5.41, 5.74) is 9.04. The Hall–Kier alpha value is -2.03. The van der Waals surface area contributed by atoms with E-state index in [0.717, 1.165) is 36.3 Å². The Bertz CT molecular complexity index is 1110. The molecule has 1 atom stereocenters. The number of thiazole rings is 1. The molecule has 4 aromatic rings. The fourth-order valence-electron chi connectivity index (χ4n) is 2.89. The summed E-state index contributed by atoms with van der Waals surface area (Å²) in [4.78, 5) is 8.94. The summed E-state index contributed by atoms with van der Waals surface area (Å²) in [6, 6.07) is 4.16. The van der Waals surface area contributed by atoms with Crippen molar-refractivity contribution < 1.29 is 4.21 Å². The van der Waals surface area contributed by atoms with Crippen LogP contribution < -0.4 is 5.73 Å². The Balaban J connectivity index is 2.06. The second-order valence-electron chi connectivity index (χ2n) is 6.25. The molecule has 0 spiro atoms. The van der Waals surface area contributed by atoms with Crippen molar-refractivity contribution in [2.45, 2.75) is 23.3 Å². The average Bonchev–Trinajstić information content (AvgIpc) is 3.34. The number of benzene rings is 1. The molecular weight excluding hydrogens is 384 g/mol. The third-order valence-corrected chi connectivity index (χ3v) is 8.10. The molecule has 1 aromatic carbocycles. The lowest BCUT2D eigenvalue weighted by molar-refractivity contribution is 0.678. The number of fused-ring (bicyclic) bond motifs is 1. The first-order valence-corrected chi connectivity index (χ1v) is 11.0. The average molecular weight is 403 g/mol. The number of rotatable bonds is 4. The van der Waals surface area contributed by atoms with Crippen LogP contribution in [0.5, 0.6) is 0 Å². The molecule has 0 fully saturated rings. The van der Waals surface area contributed by atoms with Crippen LogP contribution in [0.3, 0.4) is 0 Å². The van der Waals surface area contributed by atoms with Crippen LogP contribution in [0.1, 0.15) is 13.8 Å². The summed E-state index contributed by atoms with van der Waals surface area (Å²) in [6.45, 7) is 3.89. The van der Waals surface area contributed by atoms with E-state index < -0.39 is 10.8 Å². The van der Waals surface area contributed by atoms with Crippen LogP contribution in [0.15, 0.2) is 40.3 Å². The topological polar surface area (TPSA) is 73.8 Å². The van der Waals surface area contributed by atoms with Gasteiger partial charge in [0, 0.05) is 57.5 Å². The monoisotopic (exact) mass is 402 g/mol. The molecule has 2 N–H and O–H groups in total. The van der Waals surface area contributed by atoms with Crippen LogP contribution in [0.2, 0.25) is 0 Å². The Morgan fingerprint density at radius 1 is 1.23 bits per heavy atom. The zero-order chi connectivity index (χ0) is 18.4. The number of nitrogens with zero attached hydrogens (tertiary/aromatic N) is 3. The van der Waals surface area contributed by atoms with Gasteiger partial charge in [0.1, 0.15) is 15.0 Å². The van der Waals surface area contributed by atoms with Crippen molar-refractivity contribution in [3.8, 4) is 22.0 Å². The largest absolute Gasteiger partial charge is 0.397 e. The number of nitrogen functional groups attached to an aromatic ring is 1. The smallest absolute Gasteiger partial charge is 0.140 e. The molecule has 5 nitrogen and oxygen atoms in total. The summed E-state index contributed by atoms with van der Waals surface area (Å²) >= 11 is 3.10. The van der Waals surface area contributed by atoms with E-state index in [-0.39, 0.29) is 5.25 Å². The first-order valence-electron chi connectivity index (χ1n) is 8.11. The van der Waals surface area contributed by atoms with Crippen LogP contribution in [-0.2, 0) is 17.8 Å². The Labute approximate surface area is 162 Å². The number of aryl methyl sites for hydroxylation is 1. The van der Waals surface area contributed by atoms with Gasteiger partial charge in [0.25, 0.3) is 0 Å². The highest BCUT2D eigenvalue weighted by Crippen LogP contribution is 2.44. The van der Waals surface area contributed by atoms with Gasteiger partial charge in [0.15, 0.2) is 0 Å². The van der Waals surface area contributed by atoms with Gasteiger partial charge in [0.05, 0.1) is 16.5 Å². The van der Waals surface area contributed by atoms with Gasteiger partial charge in [-0.25, -0.2) is 9.97 Å². The van der Waals surface area contributed by atoms with Crippen molar-refractivity contribution in [3.05, 3.63) is 36.1 Å². The minimum absolute atomic E-state index is 0.0143. The Morgan fingerprint density at radius 3 is 2.65 bits per heavy atom. The molecule has 0 aliphatic carbocycles. The molecule has 3 aromatic heterocycles. The summed E-state index contributed by atoms with van der Waals surface area (Å²) in [5.74, 6) is 0.833. The Morgan fingerprint density at radius 2 is 2.04 bits per heavy atom. The molecule has 26 heavy (non-hydrogen) atoms. The number of anilines is 1. The van der Waals surface area contributed by atoms with Gasteiger partial charge in [-0.3, -0.25) is 4.21 Å². The van der Waals surface area contributed by atoms with Crippen LogP contribution in [0, 0.1) is 0 Å². The highest BCUT2D eigenvalue weighted by atomic mass is 32.2. The molecule has 3 heterocycles. The van der Waals surface area contributed by atoms with Gasteiger partial charge in [-0.2, -0.15) is 0 Å². The number of thiophene rings is 1. The molecule has 8 heteroatoms. The predicted molar refractivity (Wildman–Crippen MR) is 111 cm³/mol. The third kappa shape index (κ3) is 2.78. The number of nitrogens with two attached hydrogens (primary N) is 1. The van der Waals surface area contributed by atoms with Gasteiger partial charge >= 0.3 is 0 Å². The quantitative estimate of drug-likeness (QED) is 0.544. The fraction of sp³-hybridized carbons (Fsp3) is 0.222. The van der Waals surface area contributed by atoms with Gasteiger partial charge < -0.3 is 10.3 Å². The molecule has 0 aliphatic heterocycles. The predicted octanol–water partition coefficient (Wildman–Crippen LogP) is 4.52. The maximum absolute atomic E-state index is 12.7. The van der Waals surface area contributed by atoms with Gasteiger partial charge in [0.2, 0.25) is 0 Å². The zero-order valence-corrected chi connectivity index (χ0v) is 17.0. The number of imidazole rings is 1. The normalized spacial score (nSPS) is 12.9. The van der Waals surface area contributed by atoms with Crippen molar-refractivity contribution in [1.82, 2.24) is 14.5 Å². The summed E-state index contributed by atoms with van der Waals surface area (Å²) in [6.07, 6.45) is 5.48. The van der Waals surface area contributed by atoms with Crippen molar-refractivity contribution in [2.24, 2.45) is 7.05 Å². The minimum atomic E-state index is -1.13. The van der Waals surface area contributed by atoms with Crippen molar-refractivity contribution in [2.75, 3.05) is 5.73 Å². The van der Waals surface area contributed by atoms with Crippen molar-refractivity contribution in [3.63, 3.8) is 0 Å². The lowest BCUT2D eigenvalue weighted by Gasteiger charge is -2.08. The second-order valence-corrected chi connectivity index (χ2v) is 10.4. The molecule has 0 saturated carbocycles. The van der Waals surface area contributed by atoms with E-state index in [9.17, 15) is 4.21 Å². The summed E-state index contributed by atoms with van der Waals surface area (Å²) in [5, 5.41) is 3.84. The lowest BCUT2D eigenvalue weighted by Crippen LogP contribution is -2.06. The molecule has 1 unspecified atom stereocenters. The zero-order valence-electron chi connectivity index (χ0n) is 14.6. The maximum atomic E-state index is 12.7. The van der Waals surface area contributed by atoms with E-state index in [2.05, 4.69) is 22.1 Å². The first kappa shape index (κ1) is 17.4. The highest BCUT2D eigenvalue weighted by Gasteiger charge is 2.22. The van der Waals surface area contributed by atoms with Crippen molar-refractivity contribution >= 4 is 49.2 Å². The molecule has 0 aliphatic rings. The molecule has 0 bridgehead atoms. The van der Waals surface area contributed by atoms with Crippen LogP contribution in [0.4, 0.5) is 5.69 Å².